The molecule has 2 aromatic rings. The van der Waals surface area contributed by atoms with E-state index in [9.17, 15) is 14.4 Å². The Kier molecular flexibility index (Phi) is 5.43. The van der Waals surface area contributed by atoms with Gasteiger partial charge in [-0.15, -0.1) is 0 Å². The second kappa shape index (κ2) is 7.81. The zero-order valence-corrected chi connectivity index (χ0v) is 16.4. The number of carbonyl (C=O) groups is 3. The van der Waals surface area contributed by atoms with E-state index in [-0.39, 0.29) is 0 Å². The molecule has 1 aliphatic heterocycles. The van der Waals surface area contributed by atoms with Crippen LogP contribution >= 0.6 is 11.6 Å². The van der Waals surface area contributed by atoms with E-state index in [0.29, 0.717) is 27.6 Å². The summed E-state index contributed by atoms with van der Waals surface area (Å²) < 4.78 is 5.17. The summed E-state index contributed by atoms with van der Waals surface area (Å²) in [7, 11) is 1.44. The minimum absolute atomic E-state index is 0.326. The molecule has 3 rings (SSSR count). The Hall–Kier alpha value is -3.57. The molecule has 2 N–H and O–H groups in total. The van der Waals surface area contributed by atoms with Crippen molar-refractivity contribution in [1.82, 2.24) is 10.2 Å². The van der Waals surface area contributed by atoms with Crippen LogP contribution in [0.3, 0.4) is 0 Å². The van der Waals surface area contributed by atoms with Crippen LogP contribution in [0.1, 0.15) is 18.1 Å². The Morgan fingerprint density at radius 1 is 1.28 bits per heavy atom. The number of halogens is 1. The highest BCUT2D eigenvalue weighted by molar-refractivity contribution is 6.31. The number of methoxy groups -OCH3 is 1. The van der Waals surface area contributed by atoms with E-state index < -0.39 is 29.9 Å². The van der Waals surface area contributed by atoms with Crippen molar-refractivity contribution in [3.8, 4) is 11.8 Å². The van der Waals surface area contributed by atoms with Crippen LogP contribution in [0.25, 0.3) is 0 Å². The quantitative estimate of drug-likeness (QED) is 0.733. The van der Waals surface area contributed by atoms with Gasteiger partial charge in [-0.3, -0.25) is 14.5 Å². The molecular formula is C20H17ClN4O4. The minimum atomic E-state index is -1.33. The van der Waals surface area contributed by atoms with Gasteiger partial charge in [0, 0.05) is 5.02 Å². The second-order valence-electron chi connectivity index (χ2n) is 6.53. The van der Waals surface area contributed by atoms with Crippen molar-refractivity contribution in [1.29, 1.82) is 5.26 Å². The molecular weight excluding hydrogens is 396 g/mol. The average Bonchev–Trinajstić information content (AvgIpc) is 2.92. The first-order chi connectivity index (χ1) is 13.8. The van der Waals surface area contributed by atoms with Crippen LogP contribution in [0.4, 0.5) is 10.5 Å². The third kappa shape index (κ3) is 3.86. The Bertz CT molecular complexity index is 1030. The molecule has 0 spiro atoms. The summed E-state index contributed by atoms with van der Waals surface area (Å²) in [5.41, 5.74) is -0.0685. The van der Waals surface area contributed by atoms with Gasteiger partial charge in [-0.05, 0) is 42.8 Å². The average molecular weight is 413 g/mol. The number of nitrogens with zero attached hydrogens (tertiary/aromatic N) is 2. The van der Waals surface area contributed by atoms with Crippen LogP contribution in [0.15, 0.2) is 42.5 Å². The molecule has 1 aliphatic rings. The zero-order chi connectivity index (χ0) is 21.2. The van der Waals surface area contributed by atoms with Gasteiger partial charge in [-0.25, -0.2) is 4.79 Å². The smallest absolute Gasteiger partial charge is 0.325 e. The number of anilines is 1. The molecule has 4 amide bonds. The van der Waals surface area contributed by atoms with E-state index in [1.165, 1.54) is 13.2 Å². The number of hydrogen-bond acceptors (Lipinski definition) is 5. The zero-order valence-electron chi connectivity index (χ0n) is 15.7. The van der Waals surface area contributed by atoms with E-state index in [4.69, 9.17) is 21.6 Å². The Labute approximate surface area is 172 Å². The normalized spacial score (nSPS) is 18.2. The lowest BCUT2D eigenvalue weighted by molar-refractivity contribution is -0.133. The first-order valence-electron chi connectivity index (χ1n) is 8.56. The number of rotatable bonds is 5. The van der Waals surface area contributed by atoms with Gasteiger partial charge >= 0.3 is 6.03 Å². The molecule has 1 unspecified atom stereocenters. The highest BCUT2D eigenvalue weighted by Gasteiger charge is 2.49. The van der Waals surface area contributed by atoms with Crippen LogP contribution in [0.5, 0.6) is 5.75 Å². The van der Waals surface area contributed by atoms with Gasteiger partial charge in [0.15, 0.2) is 0 Å². The summed E-state index contributed by atoms with van der Waals surface area (Å²) in [6, 6.07) is 12.3. The highest BCUT2D eigenvalue weighted by atomic mass is 35.5. The van der Waals surface area contributed by atoms with E-state index in [1.54, 1.807) is 43.3 Å². The van der Waals surface area contributed by atoms with Gasteiger partial charge in [0.1, 0.15) is 17.8 Å². The molecule has 1 heterocycles. The third-order valence-electron chi connectivity index (χ3n) is 4.60. The van der Waals surface area contributed by atoms with Crippen LogP contribution in [-0.4, -0.2) is 36.4 Å². The Morgan fingerprint density at radius 3 is 2.59 bits per heavy atom. The molecule has 1 saturated heterocycles. The monoisotopic (exact) mass is 412 g/mol. The van der Waals surface area contributed by atoms with Crippen LogP contribution in [0.2, 0.25) is 5.02 Å². The van der Waals surface area contributed by atoms with E-state index >= 15 is 0 Å². The number of nitriles is 1. The minimum Gasteiger partial charge on any atom is -0.495 e. The molecule has 2 aromatic carbocycles. The maximum atomic E-state index is 12.9. The largest absolute Gasteiger partial charge is 0.495 e. The van der Waals surface area contributed by atoms with Crippen molar-refractivity contribution in [3.05, 3.63) is 58.6 Å². The van der Waals surface area contributed by atoms with Gasteiger partial charge in [0.05, 0.1) is 24.4 Å². The Morgan fingerprint density at radius 2 is 1.97 bits per heavy atom. The van der Waals surface area contributed by atoms with Crippen molar-refractivity contribution in [2.45, 2.75) is 12.5 Å². The summed E-state index contributed by atoms with van der Waals surface area (Å²) in [5, 5.41) is 14.5. The van der Waals surface area contributed by atoms with Gasteiger partial charge in [0.25, 0.3) is 5.91 Å². The molecule has 8 nitrogen and oxygen atoms in total. The maximum absolute atomic E-state index is 12.9. The summed E-state index contributed by atoms with van der Waals surface area (Å²) in [6.45, 7) is 1.07. The van der Waals surface area contributed by atoms with Crippen molar-refractivity contribution >= 4 is 35.1 Å². The summed E-state index contributed by atoms with van der Waals surface area (Å²) in [6.07, 6.45) is 0. The van der Waals surface area contributed by atoms with Crippen LogP contribution in [-0.2, 0) is 15.1 Å². The molecule has 1 fully saturated rings. The molecule has 0 bridgehead atoms. The number of hydrogen-bond donors (Lipinski definition) is 2. The Balaban J connectivity index is 1.77. The SMILES string of the molecule is COc1ccc(Cl)cc1NC(=O)CN1C(=O)NC(C)(c2ccc(C#N)cc2)C1=O. The van der Waals surface area contributed by atoms with Crippen molar-refractivity contribution in [2.24, 2.45) is 0 Å². The third-order valence-corrected chi connectivity index (χ3v) is 4.84. The van der Waals surface area contributed by atoms with E-state index in [1.807, 2.05) is 6.07 Å². The molecule has 1 atom stereocenters. The number of imide groups is 1. The van der Waals surface area contributed by atoms with Crippen LogP contribution in [0, 0.1) is 11.3 Å². The summed E-state index contributed by atoms with van der Waals surface area (Å²) in [5.74, 6) is -0.763. The van der Waals surface area contributed by atoms with Gasteiger partial charge in [0.2, 0.25) is 5.91 Å². The molecule has 9 heteroatoms. The maximum Gasteiger partial charge on any atom is 0.325 e. The van der Waals surface area contributed by atoms with E-state index in [0.717, 1.165) is 4.90 Å². The number of amides is 4. The predicted molar refractivity (Wildman–Crippen MR) is 105 cm³/mol. The number of urea groups is 1. The molecule has 0 radical (unpaired) electrons. The van der Waals surface area contributed by atoms with Gasteiger partial charge in [-0.2, -0.15) is 5.26 Å². The molecule has 148 valence electrons. The molecule has 0 aromatic heterocycles. The topological polar surface area (TPSA) is 112 Å². The first kappa shape index (κ1) is 20.2. The van der Waals surface area contributed by atoms with E-state index in [2.05, 4.69) is 10.6 Å². The predicted octanol–water partition coefficient (Wildman–Crippen LogP) is 2.63. The summed E-state index contributed by atoms with van der Waals surface area (Å²) in [4.78, 5) is 38.6. The lowest BCUT2D eigenvalue weighted by atomic mass is 9.91. The fraction of sp³-hybridized carbons (Fsp3) is 0.200. The summed E-state index contributed by atoms with van der Waals surface area (Å²) >= 11 is 5.95. The standard InChI is InChI=1S/C20H17ClN4O4/c1-20(13-5-3-12(10-22)4-6-13)18(27)25(19(28)24-20)11-17(26)23-15-9-14(21)7-8-16(15)29-2/h3-9H,11H2,1-2H3,(H,23,26)(H,24,28). The van der Waals surface area contributed by atoms with Crippen molar-refractivity contribution < 1.29 is 19.1 Å². The second-order valence-corrected chi connectivity index (χ2v) is 6.96. The number of ether oxygens (including phenoxy) is 1. The lowest BCUT2D eigenvalue weighted by Crippen LogP contribution is -2.42. The number of benzene rings is 2. The van der Waals surface area contributed by atoms with Crippen LogP contribution < -0.4 is 15.4 Å². The number of carbonyl (C=O) groups excluding carboxylic acids is 3. The fourth-order valence-corrected chi connectivity index (χ4v) is 3.20. The van der Waals surface area contributed by atoms with Gasteiger partial charge in [-0.1, -0.05) is 23.7 Å². The number of nitrogens with one attached hydrogen (secondary N) is 2. The highest BCUT2D eigenvalue weighted by Crippen LogP contribution is 2.30. The van der Waals surface area contributed by atoms with Crippen molar-refractivity contribution in [2.75, 3.05) is 19.0 Å². The first-order valence-corrected chi connectivity index (χ1v) is 8.94. The lowest BCUT2D eigenvalue weighted by Gasteiger charge is -2.22. The van der Waals surface area contributed by atoms with Crippen molar-refractivity contribution in [3.63, 3.8) is 0 Å². The molecule has 0 aliphatic carbocycles. The molecule has 29 heavy (non-hydrogen) atoms. The van der Waals surface area contributed by atoms with Gasteiger partial charge < -0.3 is 15.4 Å². The fourth-order valence-electron chi connectivity index (χ4n) is 3.03. The molecule has 0 saturated carbocycles.